The van der Waals surface area contributed by atoms with Crippen LogP contribution in [0.25, 0.3) is 0 Å². The van der Waals surface area contributed by atoms with Crippen LogP contribution in [0.5, 0.6) is 0 Å². The molecule has 1 unspecified atom stereocenters. The monoisotopic (exact) mass is 311 g/mol. The Kier molecular flexibility index (Phi) is 5.59. The molecule has 1 amide bonds. The molecule has 0 saturated carbocycles. The van der Waals surface area contributed by atoms with Crippen LogP contribution in [-0.2, 0) is 14.3 Å². The van der Waals surface area contributed by atoms with Gasteiger partial charge >= 0.3 is 5.97 Å². The molecular formula is C15H18ClNO4. The summed E-state index contributed by atoms with van der Waals surface area (Å²) in [6.45, 7) is 0.572. The van der Waals surface area contributed by atoms with Crippen LogP contribution >= 0.6 is 11.6 Å². The fourth-order valence-electron chi connectivity index (χ4n) is 2.33. The van der Waals surface area contributed by atoms with Gasteiger partial charge in [0.05, 0.1) is 12.5 Å². The van der Waals surface area contributed by atoms with Gasteiger partial charge in [0, 0.05) is 11.6 Å². The summed E-state index contributed by atoms with van der Waals surface area (Å²) in [7, 11) is 0. The summed E-state index contributed by atoms with van der Waals surface area (Å²) in [4.78, 5) is 23.2. The first-order chi connectivity index (χ1) is 10.1. The topological polar surface area (TPSA) is 75.6 Å². The average Bonchev–Trinajstić information content (AvgIpc) is 2.48. The van der Waals surface area contributed by atoms with Gasteiger partial charge in [-0.15, -0.1) is 0 Å². The van der Waals surface area contributed by atoms with Crippen molar-refractivity contribution in [3.05, 3.63) is 34.9 Å². The zero-order valence-electron chi connectivity index (χ0n) is 11.5. The molecule has 0 bridgehead atoms. The summed E-state index contributed by atoms with van der Waals surface area (Å²) in [6, 6.07) is 6.21. The van der Waals surface area contributed by atoms with E-state index in [2.05, 4.69) is 5.32 Å². The van der Waals surface area contributed by atoms with Crippen molar-refractivity contribution < 1.29 is 19.4 Å². The quantitative estimate of drug-likeness (QED) is 0.876. The van der Waals surface area contributed by atoms with Crippen LogP contribution in [0.2, 0.25) is 5.02 Å². The predicted octanol–water partition coefficient (Wildman–Crippen LogP) is 2.54. The number of carboxylic acid groups (broad SMARTS) is 1. The first-order valence-electron chi connectivity index (χ1n) is 6.95. The first kappa shape index (κ1) is 15.8. The summed E-state index contributed by atoms with van der Waals surface area (Å²) in [5.41, 5.74) is 0.714. The van der Waals surface area contributed by atoms with Crippen molar-refractivity contribution in [2.75, 3.05) is 6.61 Å². The molecule has 1 aromatic carbocycles. The van der Waals surface area contributed by atoms with Crippen LogP contribution in [0.1, 0.15) is 37.3 Å². The molecule has 5 nitrogen and oxygen atoms in total. The highest BCUT2D eigenvalue weighted by molar-refractivity contribution is 6.30. The molecule has 1 heterocycles. The Hall–Kier alpha value is -1.59. The number of nitrogens with one attached hydrogen (secondary N) is 1. The summed E-state index contributed by atoms with van der Waals surface area (Å²) < 4.78 is 5.42. The van der Waals surface area contributed by atoms with Gasteiger partial charge in [0.2, 0.25) is 5.91 Å². The number of carbonyl (C=O) groups is 2. The molecule has 1 fully saturated rings. The molecule has 0 aliphatic carbocycles. The summed E-state index contributed by atoms with van der Waals surface area (Å²) >= 11 is 5.83. The van der Waals surface area contributed by atoms with Gasteiger partial charge in [0.25, 0.3) is 0 Å². The zero-order valence-corrected chi connectivity index (χ0v) is 12.3. The number of hydrogen-bond acceptors (Lipinski definition) is 3. The molecule has 1 saturated heterocycles. The summed E-state index contributed by atoms with van der Waals surface area (Å²) in [6.07, 6.45) is 1.91. The van der Waals surface area contributed by atoms with Crippen LogP contribution < -0.4 is 5.32 Å². The van der Waals surface area contributed by atoms with E-state index in [0.717, 1.165) is 12.8 Å². The van der Waals surface area contributed by atoms with E-state index in [0.29, 0.717) is 23.6 Å². The lowest BCUT2D eigenvalue weighted by Crippen LogP contribution is -2.40. The molecule has 2 atom stereocenters. The predicted molar refractivity (Wildman–Crippen MR) is 78.2 cm³/mol. The van der Waals surface area contributed by atoms with E-state index in [1.807, 2.05) is 0 Å². The lowest BCUT2D eigenvalue weighted by Gasteiger charge is -2.25. The molecule has 21 heavy (non-hydrogen) atoms. The second-order valence-corrected chi connectivity index (χ2v) is 5.50. The molecule has 6 heteroatoms. The lowest BCUT2D eigenvalue weighted by atomic mass is 10.0. The van der Waals surface area contributed by atoms with Crippen LogP contribution in [-0.4, -0.2) is 29.7 Å². The summed E-state index contributed by atoms with van der Waals surface area (Å²) in [5, 5.41) is 12.3. The van der Waals surface area contributed by atoms with Gasteiger partial charge < -0.3 is 15.2 Å². The van der Waals surface area contributed by atoms with E-state index >= 15 is 0 Å². The average molecular weight is 312 g/mol. The standard InChI is InChI=1S/C15H18ClNO4/c16-11-6-4-10(5-7-11)12(9-14(18)19)17-15(20)13-3-1-2-8-21-13/h4-7,12-13H,1-3,8-9H2,(H,17,20)(H,18,19)/t12-,13?/m0/s1. The van der Waals surface area contributed by atoms with E-state index in [1.165, 1.54) is 0 Å². The fraction of sp³-hybridized carbons (Fsp3) is 0.467. The maximum absolute atomic E-state index is 12.2. The lowest BCUT2D eigenvalue weighted by molar-refractivity contribution is -0.139. The highest BCUT2D eigenvalue weighted by Crippen LogP contribution is 2.21. The largest absolute Gasteiger partial charge is 0.481 e. The number of carboxylic acids is 1. The third-order valence-corrected chi connectivity index (χ3v) is 3.69. The van der Waals surface area contributed by atoms with Crippen LogP contribution in [0.4, 0.5) is 0 Å². The first-order valence-corrected chi connectivity index (χ1v) is 7.33. The van der Waals surface area contributed by atoms with E-state index in [9.17, 15) is 9.59 Å². The molecule has 2 rings (SSSR count). The molecule has 1 aliphatic rings. The van der Waals surface area contributed by atoms with Crippen molar-refractivity contribution in [2.24, 2.45) is 0 Å². The molecule has 0 radical (unpaired) electrons. The minimum Gasteiger partial charge on any atom is -0.481 e. The molecule has 2 N–H and O–H groups in total. The van der Waals surface area contributed by atoms with Crippen molar-refractivity contribution in [1.82, 2.24) is 5.32 Å². The van der Waals surface area contributed by atoms with Crippen molar-refractivity contribution in [2.45, 2.75) is 37.8 Å². The summed E-state index contributed by atoms with van der Waals surface area (Å²) in [5.74, 6) is -1.23. The number of amides is 1. The van der Waals surface area contributed by atoms with Gasteiger partial charge in [-0.1, -0.05) is 23.7 Å². The van der Waals surface area contributed by atoms with Crippen molar-refractivity contribution in [1.29, 1.82) is 0 Å². The molecule has 114 valence electrons. The molecule has 0 aromatic heterocycles. The number of rotatable bonds is 5. The number of aliphatic carboxylic acids is 1. The Bertz CT molecular complexity index is 497. The molecular weight excluding hydrogens is 294 g/mol. The Morgan fingerprint density at radius 1 is 1.33 bits per heavy atom. The third kappa shape index (κ3) is 4.72. The van der Waals surface area contributed by atoms with Gasteiger partial charge in [-0.2, -0.15) is 0 Å². The molecule has 0 spiro atoms. The highest BCUT2D eigenvalue weighted by atomic mass is 35.5. The second-order valence-electron chi connectivity index (χ2n) is 5.07. The number of halogens is 1. The van der Waals surface area contributed by atoms with Crippen molar-refractivity contribution in [3.8, 4) is 0 Å². The smallest absolute Gasteiger partial charge is 0.305 e. The molecule has 1 aliphatic heterocycles. The number of benzene rings is 1. The number of ether oxygens (including phenoxy) is 1. The van der Waals surface area contributed by atoms with Crippen LogP contribution in [0, 0.1) is 0 Å². The third-order valence-electron chi connectivity index (χ3n) is 3.44. The van der Waals surface area contributed by atoms with Crippen molar-refractivity contribution >= 4 is 23.5 Å². The number of hydrogen-bond donors (Lipinski definition) is 2. The van der Waals surface area contributed by atoms with Gasteiger partial charge in [-0.3, -0.25) is 9.59 Å². The highest BCUT2D eigenvalue weighted by Gasteiger charge is 2.25. The SMILES string of the molecule is O=C(O)C[C@H](NC(=O)C1CCCCO1)c1ccc(Cl)cc1. The van der Waals surface area contributed by atoms with Crippen molar-refractivity contribution in [3.63, 3.8) is 0 Å². The maximum Gasteiger partial charge on any atom is 0.305 e. The van der Waals surface area contributed by atoms with Crippen LogP contribution in [0.15, 0.2) is 24.3 Å². The Morgan fingerprint density at radius 3 is 2.62 bits per heavy atom. The minimum atomic E-state index is -0.972. The maximum atomic E-state index is 12.2. The van der Waals surface area contributed by atoms with Gasteiger partial charge in [0.1, 0.15) is 6.10 Å². The zero-order chi connectivity index (χ0) is 15.2. The Morgan fingerprint density at radius 2 is 2.05 bits per heavy atom. The Labute approximate surface area is 128 Å². The normalized spacial score (nSPS) is 19.8. The van der Waals surface area contributed by atoms with Gasteiger partial charge in [-0.05, 0) is 37.0 Å². The van der Waals surface area contributed by atoms with E-state index in [1.54, 1.807) is 24.3 Å². The van der Waals surface area contributed by atoms with E-state index in [-0.39, 0.29) is 12.3 Å². The number of carbonyl (C=O) groups excluding carboxylic acids is 1. The van der Waals surface area contributed by atoms with Gasteiger partial charge in [-0.25, -0.2) is 0 Å². The Balaban J connectivity index is 2.06. The van der Waals surface area contributed by atoms with Crippen LogP contribution in [0.3, 0.4) is 0 Å². The van der Waals surface area contributed by atoms with Gasteiger partial charge in [0.15, 0.2) is 0 Å². The van der Waals surface area contributed by atoms with E-state index < -0.39 is 18.1 Å². The van der Waals surface area contributed by atoms with E-state index in [4.69, 9.17) is 21.4 Å². The minimum absolute atomic E-state index is 0.180. The second kappa shape index (κ2) is 7.43. The molecule has 1 aromatic rings. The fourth-order valence-corrected chi connectivity index (χ4v) is 2.46.